The molecule has 1 radical (unpaired) electrons. The van der Waals surface area contributed by atoms with Crippen LogP contribution in [0.2, 0.25) is 17.3 Å². The second-order valence-corrected chi connectivity index (χ2v) is 31.2. The molecule has 0 spiro atoms. The molecule has 0 fully saturated rings. The number of fused-ring (bicyclic) bond motifs is 4. The number of imidazole rings is 1. The quantitative estimate of drug-likeness (QED) is 0.107. The molecule has 0 N–H and O–H groups in total. The Morgan fingerprint density at radius 2 is 1.37 bits per heavy atom. The van der Waals surface area contributed by atoms with Crippen molar-refractivity contribution in [3.05, 3.63) is 197 Å². The van der Waals surface area contributed by atoms with Crippen molar-refractivity contribution in [3.63, 3.8) is 0 Å². The first-order chi connectivity index (χ1) is 34.1. The zero-order valence-electron chi connectivity index (χ0n) is 45.5. The van der Waals surface area contributed by atoms with Crippen molar-refractivity contribution >= 4 is 50.6 Å². The second kappa shape index (κ2) is 20.1. The van der Waals surface area contributed by atoms with Gasteiger partial charge in [0.1, 0.15) is 5.58 Å². The van der Waals surface area contributed by atoms with Gasteiger partial charge in [0.15, 0.2) is 0 Å². The zero-order chi connectivity index (χ0) is 51.4. The summed E-state index contributed by atoms with van der Waals surface area (Å²) in [4.78, 5) is 15.0. The molecule has 0 bridgehead atoms. The Hall–Kier alpha value is -5.92. The Kier molecular flexibility index (Phi) is 13.3. The summed E-state index contributed by atoms with van der Waals surface area (Å²) in [6, 6.07) is 52.2. The van der Waals surface area contributed by atoms with Gasteiger partial charge in [0, 0.05) is 36.9 Å². The molecule has 6 aromatic carbocycles. The molecule has 357 valence electrons. The SMILES string of the molecule is Cc1nc(C)c2nc(-c3[c-]ccc4c3oc3ccccc34)n(-c3c(C(C)C)cc(-c4ccccc4)cc3C(C)C)c2c1C.[2H]C([2H])([2H])c1c[c-]c(-c2cc(C(C)(C)c3ccccc3)[c]([Ge]([CH3])([CH3])[CH3])cn2)cc1.[Ir]. The number of aryl methyl sites for hydroxylation is 4. The molecule has 5 nitrogen and oxygen atoms in total. The van der Waals surface area contributed by atoms with Crippen molar-refractivity contribution in [3.8, 4) is 39.5 Å². The maximum Gasteiger partial charge on any atom is 0 e. The van der Waals surface area contributed by atoms with Gasteiger partial charge in [-0.25, -0.2) is 0 Å². The molecule has 10 aromatic rings. The van der Waals surface area contributed by atoms with Gasteiger partial charge in [-0.1, -0.05) is 87.2 Å². The van der Waals surface area contributed by atoms with Crippen LogP contribution < -0.4 is 4.40 Å². The van der Waals surface area contributed by atoms with Crippen LogP contribution in [0.1, 0.15) is 102 Å². The van der Waals surface area contributed by atoms with Crippen LogP contribution in [0.25, 0.3) is 72.4 Å². The largest absolute Gasteiger partial charge is 0 e. The van der Waals surface area contributed by atoms with Crippen LogP contribution in [0.15, 0.2) is 144 Å². The van der Waals surface area contributed by atoms with Crippen molar-refractivity contribution in [2.45, 2.75) is 104 Å². The minimum atomic E-state index is -2.18. The van der Waals surface area contributed by atoms with E-state index in [0.29, 0.717) is 5.56 Å². The summed E-state index contributed by atoms with van der Waals surface area (Å²) in [6.07, 6.45) is 2.04. The molecular weight excluding hydrogens is 1090 g/mol. The van der Waals surface area contributed by atoms with E-state index in [1.165, 1.54) is 43.5 Å². The Morgan fingerprint density at radius 1 is 0.714 bits per heavy atom. The van der Waals surface area contributed by atoms with E-state index in [9.17, 15) is 0 Å². The van der Waals surface area contributed by atoms with Gasteiger partial charge in [-0.05, 0) is 78.6 Å². The molecule has 0 amide bonds. The standard InChI is InChI=1S/C39H36N3O.C24H28GeN.Ir/c1-22(2)32-20-28(27-14-9-8-10-15-27)21-33(23(3)4)37(32)42-36-24(5)25(6)40-26(7)35(36)41-39(42)31-18-13-17-30-29-16-11-12-19-34(29)43-38(30)31;1-18-12-14-19(15-13-18)23-16-21(22(17-26-23)25(4,5)6)24(2,3)20-10-8-7-9-11-20;/h8-17,19-23H,1-7H3;7-14,16-17H,1-6H3;/q2*-1;/i;1D3;. The fourth-order valence-corrected chi connectivity index (χ4v) is 13.2. The molecule has 0 aliphatic carbocycles. The van der Waals surface area contributed by atoms with E-state index in [1.807, 2.05) is 36.5 Å². The molecule has 70 heavy (non-hydrogen) atoms. The second-order valence-electron chi connectivity index (χ2n) is 20.6. The first-order valence-corrected chi connectivity index (χ1v) is 31.5. The summed E-state index contributed by atoms with van der Waals surface area (Å²) in [5, 5.41) is 2.16. The minimum Gasteiger partial charge on any atom is 0 e. The zero-order valence-corrected chi connectivity index (χ0v) is 47.0. The predicted octanol–water partition coefficient (Wildman–Crippen LogP) is 16.4. The van der Waals surface area contributed by atoms with E-state index >= 15 is 0 Å². The number of para-hydroxylation sites is 1. The molecule has 0 unspecified atom stereocenters. The van der Waals surface area contributed by atoms with E-state index in [2.05, 4.69) is 187 Å². The van der Waals surface area contributed by atoms with Gasteiger partial charge in [0.2, 0.25) is 0 Å². The summed E-state index contributed by atoms with van der Waals surface area (Å²) >= 11 is -2.18. The van der Waals surface area contributed by atoms with Crippen LogP contribution in [-0.4, -0.2) is 32.8 Å². The summed E-state index contributed by atoms with van der Waals surface area (Å²) < 4.78 is 33.0. The van der Waals surface area contributed by atoms with Crippen LogP contribution >= 0.6 is 0 Å². The van der Waals surface area contributed by atoms with E-state index in [-0.39, 0.29) is 37.4 Å². The number of hydrogen-bond donors (Lipinski definition) is 0. The third-order valence-electron chi connectivity index (χ3n) is 13.7. The third-order valence-corrected chi connectivity index (χ3v) is 18.0. The van der Waals surface area contributed by atoms with Gasteiger partial charge in [-0.2, -0.15) is 0 Å². The number of rotatable bonds is 9. The van der Waals surface area contributed by atoms with Crippen molar-refractivity contribution < 1.29 is 28.6 Å². The van der Waals surface area contributed by atoms with Gasteiger partial charge in [-0.15, -0.1) is 18.2 Å². The van der Waals surface area contributed by atoms with Gasteiger partial charge < -0.3 is 8.98 Å². The van der Waals surface area contributed by atoms with Crippen molar-refractivity contribution in [2.24, 2.45) is 0 Å². The monoisotopic (exact) mass is 1160 g/mol. The van der Waals surface area contributed by atoms with Gasteiger partial charge in [-0.3, -0.25) is 9.97 Å². The fourth-order valence-electron chi connectivity index (χ4n) is 9.75. The molecule has 4 aromatic heterocycles. The van der Waals surface area contributed by atoms with Crippen molar-refractivity contribution in [1.29, 1.82) is 0 Å². The average molecular weight is 1160 g/mol. The first-order valence-electron chi connectivity index (χ1n) is 25.7. The van der Waals surface area contributed by atoms with Gasteiger partial charge in [0.05, 0.1) is 28.1 Å². The van der Waals surface area contributed by atoms with Crippen LogP contribution in [0.3, 0.4) is 0 Å². The number of aromatic nitrogens is 4. The number of benzene rings is 6. The summed E-state index contributed by atoms with van der Waals surface area (Å²) in [6.45, 7) is 17.9. The number of hydrogen-bond acceptors (Lipinski definition) is 4. The summed E-state index contributed by atoms with van der Waals surface area (Å²) in [7, 11) is 0. The Balaban J connectivity index is 0.000000208. The number of nitrogens with zero attached hydrogens (tertiary/aromatic N) is 4. The van der Waals surface area contributed by atoms with Crippen molar-refractivity contribution in [2.75, 3.05) is 0 Å². The minimum absolute atomic E-state index is 0. The molecule has 0 saturated carbocycles. The van der Waals surface area contributed by atoms with Gasteiger partial charge in [0.25, 0.3) is 0 Å². The molecule has 0 aliphatic rings. The van der Waals surface area contributed by atoms with E-state index < -0.39 is 20.1 Å². The Labute approximate surface area is 435 Å². The third kappa shape index (κ3) is 9.51. The normalized spacial score (nSPS) is 12.7. The van der Waals surface area contributed by atoms with E-state index in [0.717, 1.165) is 72.6 Å². The smallest absolute Gasteiger partial charge is 0 e. The number of furan rings is 1. The van der Waals surface area contributed by atoms with Crippen LogP contribution in [0.5, 0.6) is 0 Å². The maximum absolute atomic E-state index is 7.56. The van der Waals surface area contributed by atoms with E-state index in [4.69, 9.17) is 23.5 Å². The first kappa shape index (κ1) is 46.5. The predicted molar refractivity (Wildman–Crippen MR) is 293 cm³/mol. The van der Waals surface area contributed by atoms with Gasteiger partial charge >= 0.3 is 165 Å². The van der Waals surface area contributed by atoms with E-state index in [1.54, 1.807) is 12.1 Å². The van der Waals surface area contributed by atoms with Crippen LogP contribution in [-0.2, 0) is 25.5 Å². The fraction of sp³-hybridized carbons (Fsp3) is 0.254. The average Bonchev–Trinajstić information content (AvgIpc) is 3.95. The Bertz CT molecular complexity index is 3580. The molecule has 0 saturated heterocycles. The molecule has 0 aliphatic heterocycles. The molecule has 10 rings (SSSR count). The maximum atomic E-state index is 7.56. The summed E-state index contributed by atoms with van der Waals surface area (Å²) in [5.74, 6) is 8.54. The van der Waals surface area contributed by atoms with Crippen molar-refractivity contribution in [1.82, 2.24) is 19.5 Å². The molecular formula is C63H64GeIrN4O-2. The molecule has 4 heterocycles. The topological polar surface area (TPSA) is 56.7 Å². The van der Waals surface area contributed by atoms with Crippen LogP contribution in [0, 0.1) is 39.8 Å². The molecule has 7 heteroatoms. The van der Waals surface area contributed by atoms with Crippen LogP contribution in [0.4, 0.5) is 0 Å². The molecule has 0 atom stereocenters. The summed E-state index contributed by atoms with van der Waals surface area (Å²) in [5.41, 5.74) is 18.2. The number of pyridine rings is 2. The Morgan fingerprint density at radius 3 is 2.00 bits per heavy atom.